The smallest absolute Gasteiger partial charge is 0.337 e. The monoisotopic (exact) mass is 239 g/mol. The number of allylic oxidation sites excluding steroid dienone is 1. The number of likely N-dealkylation sites (N-methyl/N-ethyl adjacent to an activating group) is 1. The van der Waals surface area contributed by atoms with Crippen LogP contribution in [0.25, 0.3) is 0 Å². The van der Waals surface area contributed by atoms with E-state index in [4.69, 9.17) is 16.6 Å². The molecule has 0 aromatic carbocycles. The Kier molecular flexibility index (Phi) is 6.55. The first-order valence-electron chi connectivity index (χ1n) is 5.44. The van der Waals surface area contributed by atoms with Crippen molar-refractivity contribution in [2.24, 2.45) is 11.5 Å². The van der Waals surface area contributed by atoms with Crippen molar-refractivity contribution in [1.82, 2.24) is 4.90 Å². The van der Waals surface area contributed by atoms with Crippen molar-refractivity contribution in [2.75, 3.05) is 7.05 Å². The molecular weight excluding hydrogens is 218 g/mol. The molecule has 17 heavy (non-hydrogen) atoms. The predicted octanol–water partition coefficient (Wildman–Crippen LogP) is 1.00. The minimum absolute atomic E-state index is 0.0359. The number of carbonyl (C=O) groups is 1. The van der Waals surface area contributed by atoms with Gasteiger partial charge < -0.3 is 21.5 Å². The zero-order valence-electron chi connectivity index (χ0n) is 10.6. The van der Waals surface area contributed by atoms with Gasteiger partial charge in [0.2, 0.25) is 0 Å². The normalized spacial score (nSPS) is 15.0. The summed E-state index contributed by atoms with van der Waals surface area (Å²) >= 11 is 0. The Morgan fingerprint density at radius 1 is 1.53 bits per heavy atom. The maximum atomic E-state index is 11.0. The Morgan fingerprint density at radius 3 is 2.53 bits per heavy atom. The highest BCUT2D eigenvalue weighted by Crippen LogP contribution is 2.07. The summed E-state index contributed by atoms with van der Waals surface area (Å²) in [7, 11) is 1.85. The van der Waals surface area contributed by atoms with Crippen LogP contribution in [0, 0.1) is 0 Å². The van der Waals surface area contributed by atoms with Gasteiger partial charge in [0.15, 0.2) is 0 Å². The summed E-state index contributed by atoms with van der Waals surface area (Å²) in [5.41, 5.74) is 11.4. The Bertz CT molecular complexity index is 346. The van der Waals surface area contributed by atoms with Gasteiger partial charge in [-0.15, -0.1) is 0 Å². The van der Waals surface area contributed by atoms with Gasteiger partial charge in [-0.05, 0) is 19.4 Å². The average Bonchev–Trinajstić information content (AvgIpc) is 2.28. The third kappa shape index (κ3) is 5.10. The van der Waals surface area contributed by atoms with Crippen LogP contribution >= 0.6 is 0 Å². The summed E-state index contributed by atoms with van der Waals surface area (Å²) in [6.45, 7) is 3.75. The summed E-state index contributed by atoms with van der Waals surface area (Å²) in [6, 6.07) is 0.0359. The first-order chi connectivity index (χ1) is 7.93. The van der Waals surface area contributed by atoms with Crippen molar-refractivity contribution in [3.63, 3.8) is 0 Å². The second-order valence-electron chi connectivity index (χ2n) is 3.70. The minimum Gasteiger partial charge on any atom is -0.478 e. The number of rotatable bonds is 6. The van der Waals surface area contributed by atoms with Gasteiger partial charge in [-0.2, -0.15) is 0 Å². The van der Waals surface area contributed by atoms with Gasteiger partial charge in [-0.25, -0.2) is 4.79 Å². The SMILES string of the molecule is CC/C(N)=C(\C=C/C(C)N(C)/C=C\N)C(=O)O. The lowest BCUT2D eigenvalue weighted by atomic mass is 10.1. The lowest BCUT2D eigenvalue weighted by Crippen LogP contribution is -2.22. The highest BCUT2D eigenvalue weighted by atomic mass is 16.4. The largest absolute Gasteiger partial charge is 0.478 e. The van der Waals surface area contributed by atoms with Gasteiger partial charge in [0, 0.05) is 31.2 Å². The molecule has 0 rings (SSSR count). The molecule has 0 saturated heterocycles. The van der Waals surface area contributed by atoms with Crippen LogP contribution in [0.1, 0.15) is 20.3 Å². The number of carboxylic acid groups (broad SMARTS) is 1. The Hall–Kier alpha value is -1.91. The molecule has 5 nitrogen and oxygen atoms in total. The quantitative estimate of drug-likeness (QED) is 0.475. The molecule has 96 valence electrons. The number of nitrogens with zero attached hydrogens (tertiary/aromatic N) is 1. The molecule has 0 amide bonds. The highest BCUT2D eigenvalue weighted by molar-refractivity contribution is 5.90. The van der Waals surface area contributed by atoms with Gasteiger partial charge in [0.05, 0.1) is 5.57 Å². The molecule has 1 unspecified atom stereocenters. The van der Waals surface area contributed by atoms with Gasteiger partial charge in [0.25, 0.3) is 0 Å². The van der Waals surface area contributed by atoms with Crippen molar-refractivity contribution in [3.8, 4) is 0 Å². The molecular formula is C12H21N3O2. The van der Waals surface area contributed by atoms with E-state index < -0.39 is 5.97 Å². The molecule has 1 atom stereocenters. The van der Waals surface area contributed by atoms with Crippen LogP contribution in [0.15, 0.2) is 35.8 Å². The third-order valence-electron chi connectivity index (χ3n) is 2.46. The van der Waals surface area contributed by atoms with Gasteiger partial charge in [-0.3, -0.25) is 0 Å². The van der Waals surface area contributed by atoms with E-state index in [0.29, 0.717) is 12.1 Å². The Labute approximate surface area is 102 Å². The summed E-state index contributed by atoms with van der Waals surface area (Å²) in [6.07, 6.45) is 6.96. The van der Waals surface area contributed by atoms with Crippen molar-refractivity contribution in [3.05, 3.63) is 35.8 Å². The van der Waals surface area contributed by atoms with Crippen molar-refractivity contribution in [2.45, 2.75) is 26.3 Å². The van der Waals surface area contributed by atoms with E-state index in [1.165, 1.54) is 12.3 Å². The fraction of sp³-hybridized carbons (Fsp3) is 0.417. The molecule has 0 aliphatic carbocycles. The molecule has 0 heterocycles. The van der Waals surface area contributed by atoms with Crippen molar-refractivity contribution in [1.29, 1.82) is 0 Å². The van der Waals surface area contributed by atoms with E-state index in [-0.39, 0.29) is 11.6 Å². The molecule has 0 bridgehead atoms. The number of nitrogens with two attached hydrogens (primary N) is 2. The topological polar surface area (TPSA) is 92.6 Å². The standard InChI is InChI=1S/C12H21N3O2/c1-4-11(14)10(12(16)17)6-5-9(2)15(3)8-7-13/h5-9H,4,13-14H2,1-3H3,(H,16,17)/b6-5-,8-7-,11-10-. The van der Waals surface area contributed by atoms with E-state index in [1.54, 1.807) is 12.3 Å². The zero-order chi connectivity index (χ0) is 13.4. The van der Waals surface area contributed by atoms with Crippen LogP contribution in [0.2, 0.25) is 0 Å². The molecule has 0 fully saturated rings. The van der Waals surface area contributed by atoms with Crippen molar-refractivity contribution < 1.29 is 9.90 Å². The average molecular weight is 239 g/mol. The van der Waals surface area contributed by atoms with Gasteiger partial charge in [0.1, 0.15) is 0 Å². The van der Waals surface area contributed by atoms with Crippen LogP contribution in [0.4, 0.5) is 0 Å². The minimum atomic E-state index is -1.01. The predicted molar refractivity (Wildman–Crippen MR) is 68.8 cm³/mol. The summed E-state index contributed by atoms with van der Waals surface area (Å²) < 4.78 is 0. The molecule has 0 aromatic rings. The van der Waals surface area contributed by atoms with Gasteiger partial charge in [-0.1, -0.05) is 13.0 Å². The number of carboxylic acids is 1. The fourth-order valence-corrected chi connectivity index (χ4v) is 1.15. The zero-order valence-corrected chi connectivity index (χ0v) is 10.6. The maximum absolute atomic E-state index is 11.0. The van der Waals surface area contributed by atoms with E-state index in [2.05, 4.69) is 0 Å². The van der Waals surface area contributed by atoms with E-state index >= 15 is 0 Å². The van der Waals surface area contributed by atoms with Crippen LogP contribution in [-0.4, -0.2) is 29.1 Å². The van der Waals surface area contributed by atoms with E-state index in [0.717, 1.165) is 0 Å². The number of hydrogen-bond acceptors (Lipinski definition) is 4. The molecule has 0 radical (unpaired) electrons. The molecule has 5 N–H and O–H groups in total. The van der Waals surface area contributed by atoms with Crippen LogP contribution < -0.4 is 11.5 Å². The molecule has 0 spiro atoms. The van der Waals surface area contributed by atoms with E-state index in [9.17, 15) is 4.79 Å². The Morgan fingerprint density at radius 2 is 2.12 bits per heavy atom. The number of aliphatic carboxylic acids is 1. The van der Waals surface area contributed by atoms with Crippen LogP contribution in [0.5, 0.6) is 0 Å². The van der Waals surface area contributed by atoms with Gasteiger partial charge >= 0.3 is 5.97 Å². The molecule has 0 aromatic heterocycles. The molecule has 0 saturated carbocycles. The van der Waals surface area contributed by atoms with Crippen molar-refractivity contribution >= 4 is 5.97 Å². The summed E-state index contributed by atoms with van der Waals surface area (Å²) in [4.78, 5) is 12.8. The lowest BCUT2D eigenvalue weighted by Gasteiger charge is -2.19. The molecule has 0 aliphatic rings. The highest BCUT2D eigenvalue weighted by Gasteiger charge is 2.08. The maximum Gasteiger partial charge on any atom is 0.337 e. The van der Waals surface area contributed by atoms with Crippen LogP contribution in [0.3, 0.4) is 0 Å². The second kappa shape index (κ2) is 7.38. The lowest BCUT2D eigenvalue weighted by molar-refractivity contribution is -0.132. The first-order valence-corrected chi connectivity index (χ1v) is 5.44. The first kappa shape index (κ1) is 15.1. The summed E-state index contributed by atoms with van der Waals surface area (Å²) in [5.74, 6) is -1.01. The molecule has 5 heteroatoms. The second-order valence-corrected chi connectivity index (χ2v) is 3.70. The summed E-state index contributed by atoms with van der Waals surface area (Å²) in [5, 5.41) is 8.99. The van der Waals surface area contributed by atoms with Crippen LogP contribution in [-0.2, 0) is 4.79 Å². The number of hydrogen-bond donors (Lipinski definition) is 3. The third-order valence-corrected chi connectivity index (χ3v) is 2.46. The molecule has 0 aliphatic heterocycles. The van der Waals surface area contributed by atoms with E-state index in [1.807, 2.05) is 25.8 Å². The fourth-order valence-electron chi connectivity index (χ4n) is 1.15. The Balaban J connectivity index is 4.85.